The monoisotopic (exact) mass is 355 g/mol. The lowest BCUT2D eigenvalue weighted by atomic mass is 9.92. The fourth-order valence-electron chi connectivity index (χ4n) is 3.53. The predicted octanol–water partition coefficient (Wildman–Crippen LogP) is 2.91. The van der Waals surface area contributed by atoms with Gasteiger partial charge in [0, 0.05) is 13.1 Å². The SMILES string of the molecule is Cc1nc2ccc(C(=O)OCC(=O)N3C[C@@H](C)C[C@H](C)C3)cc2nc1C. The average Bonchev–Trinajstić information content (AvgIpc) is 2.59. The van der Waals surface area contributed by atoms with Crippen molar-refractivity contribution in [1.29, 1.82) is 0 Å². The first kappa shape index (κ1) is 18.3. The summed E-state index contributed by atoms with van der Waals surface area (Å²) in [5.74, 6) is 0.301. The summed E-state index contributed by atoms with van der Waals surface area (Å²) in [5.41, 5.74) is 3.45. The zero-order valence-electron chi connectivity index (χ0n) is 15.8. The number of hydrogen-bond acceptors (Lipinski definition) is 5. The third-order valence-corrected chi connectivity index (χ3v) is 4.86. The summed E-state index contributed by atoms with van der Waals surface area (Å²) in [7, 11) is 0. The second-order valence-corrected chi connectivity index (χ2v) is 7.42. The molecule has 0 N–H and O–H groups in total. The smallest absolute Gasteiger partial charge is 0.338 e. The molecule has 1 saturated heterocycles. The highest BCUT2D eigenvalue weighted by Crippen LogP contribution is 2.21. The van der Waals surface area contributed by atoms with E-state index in [1.165, 1.54) is 0 Å². The van der Waals surface area contributed by atoms with E-state index in [0.29, 0.717) is 22.9 Å². The molecular formula is C20H25N3O3. The van der Waals surface area contributed by atoms with Gasteiger partial charge in [0.25, 0.3) is 5.91 Å². The van der Waals surface area contributed by atoms with Crippen LogP contribution in [-0.2, 0) is 9.53 Å². The van der Waals surface area contributed by atoms with Gasteiger partial charge in [-0.05, 0) is 50.3 Å². The Kier molecular flexibility index (Phi) is 5.20. The number of aryl methyl sites for hydroxylation is 2. The van der Waals surface area contributed by atoms with Crippen LogP contribution in [0, 0.1) is 25.7 Å². The van der Waals surface area contributed by atoms with Crippen LogP contribution in [0.5, 0.6) is 0 Å². The molecule has 1 aliphatic rings. The van der Waals surface area contributed by atoms with Crippen molar-refractivity contribution in [1.82, 2.24) is 14.9 Å². The van der Waals surface area contributed by atoms with Gasteiger partial charge in [0.1, 0.15) is 0 Å². The molecule has 0 unspecified atom stereocenters. The van der Waals surface area contributed by atoms with E-state index in [0.717, 1.165) is 36.4 Å². The zero-order valence-corrected chi connectivity index (χ0v) is 15.8. The Hall–Kier alpha value is -2.50. The molecule has 1 aliphatic heterocycles. The lowest BCUT2D eigenvalue weighted by Gasteiger charge is -2.34. The van der Waals surface area contributed by atoms with E-state index in [4.69, 9.17) is 4.74 Å². The molecule has 26 heavy (non-hydrogen) atoms. The molecule has 6 heteroatoms. The van der Waals surface area contributed by atoms with Crippen LogP contribution in [0.4, 0.5) is 0 Å². The van der Waals surface area contributed by atoms with Crippen molar-refractivity contribution in [3.05, 3.63) is 35.2 Å². The van der Waals surface area contributed by atoms with Crippen molar-refractivity contribution >= 4 is 22.9 Å². The quantitative estimate of drug-likeness (QED) is 0.792. The zero-order chi connectivity index (χ0) is 18.8. The van der Waals surface area contributed by atoms with Crippen LogP contribution >= 0.6 is 0 Å². The molecule has 0 bridgehead atoms. The van der Waals surface area contributed by atoms with Gasteiger partial charge in [0.05, 0.1) is 28.0 Å². The maximum absolute atomic E-state index is 12.3. The molecule has 2 heterocycles. The number of piperidine rings is 1. The minimum absolute atomic E-state index is 0.135. The van der Waals surface area contributed by atoms with Crippen LogP contribution < -0.4 is 0 Å². The number of amides is 1. The highest BCUT2D eigenvalue weighted by atomic mass is 16.5. The number of rotatable bonds is 3. The van der Waals surface area contributed by atoms with Crippen LogP contribution in [0.1, 0.15) is 42.0 Å². The van der Waals surface area contributed by atoms with E-state index in [1.54, 1.807) is 23.1 Å². The number of likely N-dealkylation sites (tertiary alicyclic amines) is 1. The number of hydrogen-bond donors (Lipinski definition) is 0. The number of fused-ring (bicyclic) bond motifs is 1. The fourth-order valence-corrected chi connectivity index (χ4v) is 3.53. The van der Waals surface area contributed by atoms with Gasteiger partial charge >= 0.3 is 5.97 Å². The van der Waals surface area contributed by atoms with Crippen LogP contribution in [0.25, 0.3) is 11.0 Å². The number of carbonyl (C=O) groups is 2. The summed E-state index contributed by atoms with van der Waals surface area (Å²) in [6.45, 7) is 9.29. The molecule has 2 atom stereocenters. The van der Waals surface area contributed by atoms with E-state index in [-0.39, 0.29) is 12.5 Å². The van der Waals surface area contributed by atoms with Crippen LogP contribution in [-0.4, -0.2) is 46.4 Å². The van der Waals surface area contributed by atoms with Crippen molar-refractivity contribution in [3.63, 3.8) is 0 Å². The molecule has 0 spiro atoms. The van der Waals surface area contributed by atoms with Gasteiger partial charge in [-0.3, -0.25) is 4.79 Å². The minimum atomic E-state index is -0.515. The highest BCUT2D eigenvalue weighted by molar-refractivity contribution is 5.94. The largest absolute Gasteiger partial charge is 0.452 e. The van der Waals surface area contributed by atoms with Crippen molar-refractivity contribution in [3.8, 4) is 0 Å². The third-order valence-electron chi connectivity index (χ3n) is 4.86. The molecule has 1 aromatic carbocycles. The van der Waals surface area contributed by atoms with E-state index in [1.807, 2.05) is 13.8 Å². The fraction of sp³-hybridized carbons (Fsp3) is 0.500. The van der Waals surface area contributed by atoms with Gasteiger partial charge < -0.3 is 9.64 Å². The first-order chi connectivity index (χ1) is 12.3. The molecule has 1 fully saturated rings. The maximum atomic E-state index is 12.3. The lowest BCUT2D eigenvalue weighted by molar-refractivity contribution is -0.137. The first-order valence-electron chi connectivity index (χ1n) is 9.03. The molecule has 138 valence electrons. The summed E-state index contributed by atoms with van der Waals surface area (Å²) in [5, 5.41) is 0. The summed E-state index contributed by atoms with van der Waals surface area (Å²) >= 11 is 0. The summed E-state index contributed by atoms with van der Waals surface area (Å²) in [6.07, 6.45) is 1.13. The number of benzene rings is 1. The maximum Gasteiger partial charge on any atom is 0.338 e. The Bertz CT molecular complexity index is 840. The number of aromatic nitrogens is 2. The van der Waals surface area contributed by atoms with Gasteiger partial charge in [-0.25, -0.2) is 14.8 Å². The Labute approximate surface area is 153 Å². The lowest BCUT2D eigenvalue weighted by Crippen LogP contribution is -2.44. The Morgan fingerprint density at radius 3 is 2.35 bits per heavy atom. The molecule has 0 aliphatic carbocycles. The van der Waals surface area contributed by atoms with Gasteiger partial charge in [-0.1, -0.05) is 13.8 Å². The second-order valence-electron chi connectivity index (χ2n) is 7.42. The number of carbonyl (C=O) groups excluding carboxylic acids is 2. The Morgan fingerprint density at radius 1 is 1.08 bits per heavy atom. The average molecular weight is 355 g/mol. The number of esters is 1. The van der Waals surface area contributed by atoms with Crippen LogP contribution in [0.2, 0.25) is 0 Å². The van der Waals surface area contributed by atoms with Gasteiger partial charge in [0.15, 0.2) is 6.61 Å². The van der Waals surface area contributed by atoms with E-state index in [2.05, 4.69) is 23.8 Å². The summed E-state index contributed by atoms with van der Waals surface area (Å²) in [4.78, 5) is 35.4. The predicted molar refractivity (Wildman–Crippen MR) is 98.8 cm³/mol. The summed E-state index contributed by atoms with van der Waals surface area (Å²) in [6, 6.07) is 5.07. The summed E-state index contributed by atoms with van der Waals surface area (Å²) < 4.78 is 5.24. The molecular weight excluding hydrogens is 330 g/mol. The Balaban J connectivity index is 1.65. The van der Waals surface area contributed by atoms with E-state index < -0.39 is 5.97 Å². The van der Waals surface area contributed by atoms with E-state index in [9.17, 15) is 9.59 Å². The molecule has 0 radical (unpaired) electrons. The van der Waals surface area contributed by atoms with Crippen molar-refractivity contribution in [2.75, 3.05) is 19.7 Å². The molecule has 3 rings (SSSR count). The van der Waals surface area contributed by atoms with Crippen molar-refractivity contribution in [2.24, 2.45) is 11.8 Å². The van der Waals surface area contributed by atoms with Crippen LogP contribution in [0.3, 0.4) is 0 Å². The minimum Gasteiger partial charge on any atom is -0.452 e. The molecule has 6 nitrogen and oxygen atoms in total. The highest BCUT2D eigenvalue weighted by Gasteiger charge is 2.26. The molecule has 1 amide bonds. The normalized spacial score (nSPS) is 20.2. The Morgan fingerprint density at radius 2 is 1.69 bits per heavy atom. The van der Waals surface area contributed by atoms with Gasteiger partial charge in [-0.2, -0.15) is 0 Å². The van der Waals surface area contributed by atoms with Crippen molar-refractivity contribution < 1.29 is 14.3 Å². The molecule has 0 saturated carbocycles. The van der Waals surface area contributed by atoms with E-state index >= 15 is 0 Å². The van der Waals surface area contributed by atoms with Gasteiger partial charge in [0.2, 0.25) is 0 Å². The standard InChI is InChI=1S/C20H25N3O3/c1-12-7-13(2)10-23(9-12)19(24)11-26-20(25)16-5-6-17-18(8-16)22-15(4)14(3)21-17/h5-6,8,12-13H,7,9-11H2,1-4H3/t12-,13-/m0/s1. The third kappa shape index (κ3) is 4.00. The second kappa shape index (κ2) is 7.40. The number of nitrogens with zero attached hydrogens (tertiary/aromatic N) is 3. The molecule has 2 aromatic rings. The topological polar surface area (TPSA) is 72.4 Å². The van der Waals surface area contributed by atoms with Crippen LogP contribution in [0.15, 0.2) is 18.2 Å². The first-order valence-corrected chi connectivity index (χ1v) is 9.03. The van der Waals surface area contributed by atoms with Crippen molar-refractivity contribution in [2.45, 2.75) is 34.1 Å². The number of ether oxygens (including phenoxy) is 1. The van der Waals surface area contributed by atoms with Gasteiger partial charge in [-0.15, -0.1) is 0 Å². The molecule has 1 aromatic heterocycles.